The molecule has 180 valence electrons. The van der Waals surface area contributed by atoms with Crippen molar-refractivity contribution in [1.29, 1.82) is 0 Å². The zero-order valence-electron chi connectivity index (χ0n) is 17.3. The highest BCUT2D eigenvalue weighted by atomic mass is 79.9. The Bertz CT molecular complexity index is 1320. The molecule has 0 unspecified atom stereocenters. The van der Waals surface area contributed by atoms with Crippen LogP contribution in [-0.2, 0) is 4.79 Å². The van der Waals surface area contributed by atoms with Gasteiger partial charge in [0, 0.05) is 27.2 Å². The van der Waals surface area contributed by atoms with Gasteiger partial charge in [0.1, 0.15) is 5.75 Å². The van der Waals surface area contributed by atoms with Gasteiger partial charge >= 0.3 is 5.97 Å². The summed E-state index contributed by atoms with van der Waals surface area (Å²) in [5, 5.41) is 15.7. The lowest BCUT2D eigenvalue weighted by Gasteiger charge is -2.10. The van der Waals surface area contributed by atoms with Crippen LogP contribution in [0, 0.1) is 10.1 Å². The number of nitrogens with zero attached hydrogens (tertiary/aromatic N) is 2. The molecule has 0 aliphatic rings. The molecular formula is C22H13Br2Cl2N3O6. The van der Waals surface area contributed by atoms with Crippen molar-refractivity contribution in [2.75, 3.05) is 6.61 Å². The molecule has 0 saturated heterocycles. The van der Waals surface area contributed by atoms with Crippen molar-refractivity contribution in [3.05, 3.63) is 94.8 Å². The first-order chi connectivity index (χ1) is 16.6. The van der Waals surface area contributed by atoms with Gasteiger partial charge < -0.3 is 9.47 Å². The number of nitrogens with one attached hydrogen (secondary N) is 1. The number of hydrazone groups is 1. The van der Waals surface area contributed by atoms with E-state index in [1.165, 1.54) is 18.2 Å². The molecule has 0 heterocycles. The fourth-order valence-corrected chi connectivity index (χ4v) is 3.86. The maximum absolute atomic E-state index is 12.6. The molecular weight excluding hydrogens is 633 g/mol. The minimum atomic E-state index is -0.695. The molecule has 0 radical (unpaired) electrons. The first-order valence-electron chi connectivity index (χ1n) is 9.49. The molecule has 1 N–H and O–H groups in total. The van der Waals surface area contributed by atoms with E-state index in [4.69, 9.17) is 32.7 Å². The van der Waals surface area contributed by atoms with Gasteiger partial charge in [-0.15, -0.1) is 0 Å². The predicted molar refractivity (Wildman–Crippen MR) is 138 cm³/mol. The van der Waals surface area contributed by atoms with Gasteiger partial charge in [-0.3, -0.25) is 14.9 Å². The first-order valence-corrected chi connectivity index (χ1v) is 11.8. The van der Waals surface area contributed by atoms with Crippen LogP contribution in [0.2, 0.25) is 10.0 Å². The fourth-order valence-electron chi connectivity index (χ4n) is 2.59. The normalized spacial score (nSPS) is 10.7. The number of non-ortho nitro benzene ring substituents is 1. The van der Waals surface area contributed by atoms with Crippen LogP contribution in [0.25, 0.3) is 0 Å². The summed E-state index contributed by atoms with van der Waals surface area (Å²) in [5.74, 6) is -1.10. The maximum atomic E-state index is 12.6. The fraction of sp³-hybridized carbons (Fsp3) is 0.0455. The van der Waals surface area contributed by atoms with Gasteiger partial charge in [0.25, 0.3) is 11.6 Å². The van der Waals surface area contributed by atoms with Gasteiger partial charge in [0.2, 0.25) is 0 Å². The second-order valence-electron chi connectivity index (χ2n) is 6.66. The van der Waals surface area contributed by atoms with E-state index in [2.05, 4.69) is 42.4 Å². The van der Waals surface area contributed by atoms with Gasteiger partial charge in [-0.05, 0) is 58.4 Å². The number of hydrogen-bond donors (Lipinski definition) is 1. The van der Waals surface area contributed by atoms with Gasteiger partial charge in [0.05, 0.1) is 26.2 Å². The quantitative estimate of drug-likeness (QED) is 0.103. The molecule has 1 amide bonds. The van der Waals surface area contributed by atoms with E-state index in [1.54, 1.807) is 30.3 Å². The third kappa shape index (κ3) is 7.49. The van der Waals surface area contributed by atoms with Crippen LogP contribution >= 0.6 is 55.1 Å². The summed E-state index contributed by atoms with van der Waals surface area (Å²) < 4.78 is 11.7. The van der Waals surface area contributed by atoms with Crippen molar-refractivity contribution in [3.8, 4) is 11.5 Å². The number of carbonyl (C=O) groups excluding carboxylic acids is 2. The van der Waals surface area contributed by atoms with Crippen LogP contribution in [0.1, 0.15) is 15.9 Å². The molecule has 0 aliphatic carbocycles. The third-order valence-corrected chi connectivity index (χ3v) is 5.84. The van der Waals surface area contributed by atoms with Crippen molar-refractivity contribution in [3.63, 3.8) is 0 Å². The minimum absolute atomic E-state index is 0.0225. The van der Waals surface area contributed by atoms with E-state index in [1.807, 2.05) is 0 Å². The Morgan fingerprint density at radius 2 is 1.80 bits per heavy atom. The number of halogens is 4. The van der Waals surface area contributed by atoms with Crippen LogP contribution < -0.4 is 14.9 Å². The second-order valence-corrected chi connectivity index (χ2v) is 9.27. The number of esters is 1. The number of hydrogen-bond acceptors (Lipinski definition) is 7. The SMILES string of the molecule is O=C(COc1ccc(Cl)cc1Cl)NN=Cc1cc([N+](=O)[O-])cc(Br)c1OC(=O)c1ccc(Br)cc1. The van der Waals surface area contributed by atoms with Crippen LogP contribution in [0.5, 0.6) is 11.5 Å². The highest BCUT2D eigenvalue weighted by Crippen LogP contribution is 2.33. The lowest BCUT2D eigenvalue weighted by Crippen LogP contribution is -2.24. The summed E-state index contributed by atoms with van der Waals surface area (Å²) in [6, 6.07) is 13.3. The van der Waals surface area contributed by atoms with E-state index in [0.717, 1.165) is 16.8 Å². The molecule has 0 atom stereocenters. The number of amides is 1. The van der Waals surface area contributed by atoms with Crippen molar-refractivity contribution < 1.29 is 24.0 Å². The predicted octanol–water partition coefficient (Wildman–Crippen LogP) is 6.17. The number of nitro groups is 1. The lowest BCUT2D eigenvalue weighted by molar-refractivity contribution is -0.385. The first kappa shape index (κ1) is 26.6. The zero-order chi connectivity index (χ0) is 25.5. The van der Waals surface area contributed by atoms with E-state index in [9.17, 15) is 19.7 Å². The molecule has 0 aromatic heterocycles. The zero-order valence-corrected chi connectivity index (χ0v) is 22.0. The summed E-state index contributed by atoms with van der Waals surface area (Å²) in [6.45, 7) is -0.414. The summed E-state index contributed by atoms with van der Waals surface area (Å²) >= 11 is 18.3. The molecule has 0 fully saturated rings. The van der Waals surface area contributed by atoms with E-state index in [-0.39, 0.29) is 37.8 Å². The number of ether oxygens (including phenoxy) is 2. The van der Waals surface area contributed by atoms with Gasteiger partial charge in [-0.1, -0.05) is 39.1 Å². The molecule has 0 aliphatic heterocycles. The average Bonchev–Trinajstić information content (AvgIpc) is 2.80. The smallest absolute Gasteiger partial charge is 0.343 e. The molecule has 35 heavy (non-hydrogen) atoms. The molecule has 3 aromatic rings. The monoisotopic (exact) mass is 643 g/mol. The van der Waals surface area contributed by atoms with Crippen LogP contribution in [0.4, 0.5) is 5.69 Å². The Balaban J connectivity index is 1.74. The Morgan fingerprint density at radius 1 is 1.09 bits per heavy atom. The Hall–Kier alpha value is -2.99. The van der Waals surface area contributed by atoms with Crippen LogP contribution in [0.15, 0.2) is 68.6 Å². The summed E-state index contributed by atoms with van der Waals surface area (Å²) in [6.07, 6.45) is 1.11. The molecule has 3 aromatic carbocycles. The van der Waals surface area contributed by atoms with Crippen LogP contribution in [-0.4, -0.2) is 29.6 Å². The molecule has 13 heteroatoms. The van der Waals surface area contributed by atoms with Gasteiger partial charge in [-0.2, -0.15) is 5.10 Å². The highest BCUT2D eigenvalue weighted by molar-refractivity contribution is 9.10. The standard InChI is InChI=1S/C22H13Br2Cl2N3O6/c23-14-3-1-12(2-4-14)22(31)35-21-13(7-16(29(32)33)9-17(21)24)10-27-28-20(30)11-34-19-6-5-15(25)8-18(19)26/h1-10H,11H2,(H,28,30). The largest absolute Gasteiger partial charge is 0.482 e. The van der Waals surface area contributed by atoms with E-state index < -0.39 is 23.4 Å². The topological polar surface area (TPSA) is 120 Å². The molecule has 0 bridgehead atoms. The third-order valence-electron chi connectivity index (χ3n) is 4.19. The van der Waals surface area contributed by atoms with E-state index >= 15 is 0 Å². The van der Waals surface area contributed by atoms with Crippen molar-refractivity contribution in [2.24, 2.45) is 5.10 Å². The van der Waals surface area contributed by atoms with Crippen molar-refractivity contribution >= 4 is 78.8 Å². The summed E-state index contributed by atoms with van der Waals surface area (Å²) in [4.78, 5) is 35.3. The molecule has 0 saturated carbocycles. The summed E-state index contributed by atoms with van der Waals surface area (Å²) in [7, 11) is 0. The Morgan fingerprint density at radius 3 is 2.46 bits per heavy atom. The molecule has 3 rings (SSSR count). The molecule has 9 nitrogen and oxygen atoms in total. The minimum Gasteiger partial charge on any atom is -0.482 e. The maximum Gasteiger partial charge on any atom is 0.343 e. The number of rotatable bonds is 8. The highest BCUT2D eigenvalue weighted by Gasteiger charge is 2.19. The number of carbonyl (C=O) groups is 2. The second kappa shape index (κ2) is 12.1. The van der Waals surface area contributed by atoms with Crippen molar-refractivity contribution in [1.82, 2.24) is 5.43 Å². The summed E-state index contributed by atoms with van der Waals surface area (Å²) in [5.41, 5.74) is 2.27. The molecule has 0 spiro atoms. The lowest BCUT2D eigenvalue weighted by atomic mass is 10.2. The van der Waals surface area contributed by atoms with E-state index in [0.29, 0.717) is 5.02 Å². The average molecular weight is 646 g/mol. The van der Waals surface area contributed by atoms with Crippen molar-refractivity contribution in [2.45, 2.75) is 0 Å². The number of nitro benzene ring substituents is 1. The number of benzene rings is 3. The Kier molecular flexibility index (Phi) is 9.21. The van der Waals surface area contributed by atoms with Crippen LogP contribution in [0.3, 0.4) is 0 Å². The Labute approximate surface area is 225 Å². The van der Waals surface area contributed by atoms with Gasteiger partial charge in [-0.25, -0.2) is 10.2 Å². The van der Waals surface area contributed by atoms with Gasteiger partial charge in [0.15, 0.2) is 12.4 Å².